The highest BCUT2D eigenvalue weighted by atomic mass is 35.7. The molecule has 0 aliphatic carbocycles. The molecule has 0 bridgehead atoms. The molecule has 0 rings (SSSR count). The summed E-state index contributed by atoms with van der Waals surface area (Å²) in [5.74, 6) is -0.852. The molecule has 0 heterocycles. The van der Waals surface area contributed by atoms with Crippen molar-refractivity contribution in [2.45, 2.75) is 174 Å². The van der Waals surface area contributed by atoms with Crippen LogP contribution >= 0.6 is 18.2 Å². The third-order valence-electron chi connectivity index (χ3n) is 7.81. The Hall–Kier alpha value is -1.66. The molecule has 0 radical (unpaired) electrons. The highest BCUT2D eigenvalue weighted by Crippen LogP contribution is 2.47. The first kappa shape index (κ1) is 46.3. The van der Waals surface area contributed by atoms with Crippen LogP contribution in [0.3, 0.4) is 0 Å². The number of allylic oxidation sites excluding steroid dienone is 8. The Balaban J connectivity index is 4.03. The van der Waals surface area contributed by atoms with E-state index in [2.05, 4.69) is 62.5 Å². The molecule has 0 aromatic rings. The fourth-order valence-electron chi connectivity index (χ4n) is 4.96. The van der Waals surface area contributed by atoms with Crippen LogP contribution in [-0.4, -0.2) is 36.1 Å². The molecule has 7 nitrogen and oxygen atoms in total. The standard InChI is InChI=1S/C39H68ClO7P/c1-3-5-7-9-11-13-15-17-19-21-23-25-27-29-31-33-38(41)45-35-37(36-46-48(40,43)44)47-39(42)34-32-30-28-26-24-22-20-18-16-14-12-10-8-6-4-2/h11-14,17-20,37H,3-10,15-16,21-36H2,1-2H3,(H,43,44)/b13-11-,14-12-,19-17-,20-18-. The molecule has 0 spiro atoms. The van der Waals surface area contributed by atoms with E-state index in [0.29, 0.717) is 6.42 Å². The number of carbonyl (C=O) groups excluding carboxylic acids is 2. The van der Waals surface area contributed by atoms with Crippen LogP contribution in [0.15, 0.2) is 48.6 Å². The lowest BCUT2D eigenvalue weighted by molar-refractivity contribution is -0.161. The van der Waals surface area contributed by atoms with Crippen LogP contribution in [0.5, 0.6) is 0 Å². The molecule has 0 aliphatic rings. The molecule has 0 aromatic heterocycles. The van der Waals surface area contributed by atoms with Crippen molar-refractivity contribution in [3.63, 3.8) is 0 Å². The Morgan fingerprint density at radius 3 is 1.42 bits per heavy atom. The maximum Gasteiger partial charge on any atom is 0.421 e. The summed E-state index contributed by atoms with van der Waals surface area (Å²) in [6, 6.07) is 0. The third kappa shape index (κ3) is 37.2. The summed E-state index contributed by atoms with van der Waals surface area (Å²) in [7, 11) is 0. The average Bonchev–Trinajstić information content (AvgIpc) is 3.05. The number of rotatable bonds is 34. The van der Waals surface area contributed by atoms with Gasteiger partial charge in [-0.2, -0.15) is 0 Å². The van der Waals surface area contributed by atoms with Gasteiger partial charge in [0, 0.05) is 24.1 Å². The lowest BCUT2D eigenvalue weighted by Crippen LogP contribution is -2.29. The van der Waals surface area contributed by atoms with Gasteiger partial charge in [0.15, 0.2) is 6.10 Å². The van der Waals surface area contributed by atoms with Gasteiger partial charge in [0.05, 0.1) is 6.61 Å². The number of hydrogen-bond donors (Lipinski definition) is 1. The van der Waals surface area contributed by atoms with Crippen molar-refractivity contribution in [2.24, 2.45) is 0 Å². The summed E-state index contributed by atoms with van der Waals surface area (Å²) in [6.45, 7) is -0.516. The lowest BCUT2D eigenvalue weighted by Gasteiger charge is -2.18. The molecule has 0 fully saturated rings. The van der Waals surface area contributed by atoms with Crippen LogP contribution in [0.1, 0.15) is 168 Å². The quantitative estimate of drug-likeness (QED) is 0.0306. The summed E-state index contributed by atoms with van der Waals surface area (Å²) in [6.07, 6.45) is 41.5. The molecule has 0 amide bonds. The highest BCUT2D eigenvalue weighted by molar-refractivity contribution is 7.80. The minimum atomic E-state index is -4.29. The van der Waals surface area contributed by atoms with Gasteiger partial charge in [0.1, 0.15) is 6.61 Å². The van der Waals surface area contributed by atoms with E-state index in [-0.39, 0.29) is 19.4 Å². The average molecular weight is 715 g/mol. The SMILES string of the molecule is CCCCC/C=C\C/C=C\CCCCCCCC(=O)OCC(COP(=O)(O)Cl)OC(=O)CCCCCCC/C=C\C/C=C\CCCCC. The monoisotopic (exact) mass is 714 g/mol. The zero-order valence-corrected chi connectivity index (χ0v) is 32.0. The van der Waals surface area contributed by atoms with E-state index in [1.807, 2.05) is 0 Å². The fraction of sp³-hybridized carbons (Fsp3) is 0.744. The third-order valence-corrected chi connectivity index (χ3v) is 8.57. The number of ether oxygens (including phenoxy) is 2. The first-order valence-corrected chi connectivity index (χ1v) is 21.4. The zero-order valence-electron chi connectivity index (χ0n) is 30.3. The van der Waals surface area contributed by atoms with Gasteiger partial charge in [-0.1, -0.05) is 127 Å². The van der Waals surface area contributed by atoms with Crippen molar-refractivity contribution < 1.29 is 33.0 Å². The molecule has 0 aliphatic heterocycles. The second-order valence-corrected chi connectivity index (χ2v) is 14.9. The number of halogens is 1. The lowest BCUT2D eigenvalue weighted by atomic mass is 10.1. The van der Waals surface area contributed by atoms with Crippen LogP contribution in [0.4, 0.5) is 0 Å². The second-order valence-electron chi connectivity index (χ2n) is 12.5. The first-order chi connectivity index (χ1) is 23.3. The molecule has 0 saturated carbocycles. The zero-order chi connectivity index (χ0) is 35.4. The number of carbonyl (C=O) groups is 2. The predicted molar refractivity (Wildman–Crippen MR) is 201 cm³/mol. The van der Waals surface area contributed by atoms with Crippen molar-refractivity contribution in [1.29, 1.82) is 0 Å². The molecule has 2 atom stereocenters. The molecule has 0 aromatic carbocycles. The van der Waals surface area contributed by atoms with Gasteiger partial charge in [-0.15, -0.1) is 0 Å². The van der Waals surface area contributed by atoms with Gasteiger partial charge < -0.3 is 14.4 Å². The number of esters is 2. The van der Waals surface area contributed by atoms with E-state index in [9.17, 15) is 19.0 Å². The summed E-state index contributed by atoms with van der Waals surface area (Å²) in [5.41, 5.74) is 0. The molecule has 0 saturated heterocycles. The number of unbranched alkanes of at least 4 members (excludes halogenated alkanes) is 16. The fourth-order valence-corrected chi connectivity index (χ4v) is 5.47. The van der Waals surface area contributed by atoms with Crippen molar-refractivity contribution in [2.75, 3.05) is 13.2 Å². The molecular weight excluding hydrogens is 647 g/mol. The summed E-state index contributed by atoms with van der Waals surface area (Å²) in [4.78, 5) is 33.9. The van der Waals surface area contributed by atoms with E-state index in [1.54, 1.807) is 0 Å². The Morgan fingerprint density at radius 1 is 0.583 bits per heavy atom. The van der Waals surface area contributed by atoms with E-state index in [0.717, 1.165) is 83.5 Å². The molecule has 1 N–H and O–H groups in total. The maximum atomic E-state index is 12.4. The largest absolute Gasteiger partial charge is 0.462 e. The highest BCUT2D eigenvalue weighted by Gasteiger charge is 2.22. The summed E-state index contributed by atoms with van der Waals surface area (Å²) in [5, 5.41) is 0. The Labute approximate surface area is 298 Å². The maximum absolute atomic E-state index is 12.4. The van der Waals surface area contributed by atoms with E-state index in [4.69, 9.17) is 25.2 Å². The van der Waals surface area contributed by atoms with Crippen LogP contribution in [0.25, 0.3) is 0 Å². The van der Waals surface area contributed by atoms with Crippen LogP contribution < -0.4 is 0 Å². The Morgan fingerprint density at radius 2 is 0.979 bits per heavy atom. The molecule has 2 unspecified atom stereocenters. The minimum absolute atomic E-state index is 0.221. The summed E-state index contributed by atoms with van der Waals surface area (Å²) < 4.78 is 26.8. The van der Waals surface area contributed by atoms with Gasteiger partial charge in [0.2, 0.25) is 0 Å². The van der Waals surface area contributed by atoms with Gasteiger partial charge in [-0.25, -0.2) is 4.57 Å². The molecule has 9 heteroatoms. The van der Waals surface area contributed by atoms with Crippen LogP contribution in [0.2, 0.25) is 0 Å². The van der Waals surface area contributed by atoms with Crippen molar-refractivity contribution >= 4 is 30.1 Å². The van der Waals surface area contributed by atoms with E-state index >= 15 is 0 Å². The smallest absolute Gasteiger partial charge is 0.421 e. The minimum Gasteiger partial charge on any atom is -0.462 e. The van der Waals surface area contributed by atoms with Gasteiger partial charge in [-0.3, -0.25) is 14.1 Å². The van der Waals surface area contributed by atoms with Crippen molar-refractivity contribution in [3.05, 3.63) is 48.6 Å². The normalized spacial score (nSPS) is 14.0. The van der Waals surface area contributed by atoms with Crippen molar-refractivity contribution in [1.82, 2.24) is 0 Å². The van der Waals surface area contributed by atoms with Crippen LogP contribution in [0, 0.1) is 0 Å². The first-order valence-electron chi connectivity index (χ1n) is 18.9. The van der Waals surface area contributed by atoms with Gasteiger partial charge in [-0.05, 0) is 77.0 Å². The van der Waals surface area contributed by atoms with Gasteiger partial charge >= 0.3 is 18.9 Å². The predicted octanol–water partition coefficient (Wildman–Crippen LogP) is 12.4. The topological polar surface area (TPSA) is 99.1 Å². The molecule has 48 heavy (non-hydrogen) atoms. The Kier molecular flexibility index (Phi) is 34.0. The molecular formula is C39H68ClO7P. The second kappa shape index (κ2) is 35.2. The molecule has 278 valence electrons. The van der Waals surface area contributed by atoms with Gasteiger partial charge in [0.25, 0.3) is 0 Å². The van der Waals surface area contributed by atoms with E-state index < -0.39 is 31.6 Å². The number of hydrogen-bond acceptors (Lipinski definition) is 6. The van der Waals surface area contributed by atoms with E-state index in [1.165, 1.54) is 51.4 Å². The summed E-state index contributed by atoms with van der Waals surface area (Å²) >= 11 is 5.29. The van der Waals surface area contributed by atoms with Crippen molar-refractivity contribution in [3.8, 4) is 0 Å². The van der Waals surface area contributed by atoms with Crippen LogP contribution in [-0.2, 0) is 28.2 Å². The Bertz CT molecular complexity index is 925.